The molecule has 3 heterocycles. The number of benzene rings is 1. The van der Waals surface area contributed by atoms with E-state index in [9.17, 15) is 4.79 Å². The lowest BCUT2D eigenvalue weighted by Crippen LogP contribution is -2.48. The van der Waals surface area contributed by atoms with Gasteiger partial charge < -0.3 is 10.2 Å². The molecular formula is C20H22N4O. The van der Waals surface area contributed by atoms with E-state index in [1.165, 1.54) is 11.1 Å². The van der Waals surface area contributed by atoms with E-state index in [0.29, 0.717) is 0 Å². The van der Waals surface area contributed by atoms with Gasteiger partial charge in [0.15, 0.2) is 0 Å². The minimum absolute atomic E-state index is 0.0214. The molecule has 128 valence electrons. The molecule has 1 aromatic carbocycles. The molecule has 0 bridgehead atoms. The van der Waals surface area contributed by atoms with E-state index in [0.717, 1.165) is 50.4 Å². The highest BCUT2D eigenvalue weighted by molar-refractivity contribution is 5.99. The number of nitrogens with zero attached hydrogens (tertiary/aromatic N) is 3. The van der Waals surface area contributed by atoms with Crippen molar-refractivity contribution in [2.45, 2.75) is 12.8 Å². The van der Waals surface area contributed by atoms with Gasteiger partial charge in [0, 0.05) is 25.8 Å². The highest BCUT2D eigenvalue weighted by Gasteiger charge is 2.27. The maximum absolute atomic E-state index is 12.9. The zero-order valence-corrected chi connectivity index (χ0v) is 14.2. The third-order valence-corrected chi connectivity index (χ3v) is 4.78. The number of hydrogen-bond acceptors (Lipinski definition) is 3. The van der Waals surface area contributed by atoms with Gasteiger partial charge in [0.2, 0.25) is 0 Å². The second kappa shape index (κ2) is 7.07. The highest BCUT2D eigenvalue weighted by Crippen LogP contribution is 2.29. The van der Waals surface area contributed by atoms with Crippen LogP contribution in [0.5, 0.6) is 0 Å². The second-order valence-corrected chi connectivity index (χ2v) is 6.40. The molecule has 1 saturated heterocycles. The Morgan fingerprint density at radius 1 is 1.12 bits per heavy atom. The van der Waals surface area contributed by atoms with Gasteiger partial charge in [0.05, 0.1) is 17.6 Å². The molecule has 0 radical (unpaired) electrons. The Morgan fingerprint density at radius 2 is 1.96 bits per heavy atom. The van der Waals surface area contributed by atoms with E-state index in [1.807, 2.05) is 29.2 Å². The average Bonchev–Trinajstić information content (AvgIpc) is 2.63. The first-order valence-electron chi connectivity index (χ1n) is 8.82. The molecular weight excluding hydrogens is 312 g/mol. The summed E-state index contributed by atoms with van der Waals surface area (Å²) < 4.78 is 0. The molecule has 5 nitrogen and oxygen atoms in total. The first kappa shape index (κ1) is 15.8. The number of urea groups is 1. The van der Waals surface area contributed by atoms with Crippen LogP contribution in [0.3, 0.4) is 0 Å². The number of carbonyl (C=O) groups is 1. The topological polar surface area (TPSA) is 48.5 Å². The van der Waals surface area contributed by atoms with Crippen molar-refractivity contribution in [2.75, 3.05) is 31.1 Å². The predicted octanol–water partition coefficient (Wildman–Crippen LogP) is 3.42. The van der Waals surface area contributed by atoms with Crippen LogP contribution in [0.25, 0.3) is 5.57 Å². The minimum atomic E-state index is 0.0214. The lowest BCUT2D eigenvalue weighted by atomic mass is 10.00. The van der Waals surface area contributed by atoms with Crippen molar-refractivity contribution < 1.29 is 4.79 Å². The summed E-state index contributed by atoms with van der Waals surface area (Å²) in [4.78, 5) is 20.7. The number of likely N-dealkylation sites (tertiary alicyclic amines) is 1. The normalized spacial score (nSPS) is 16.8. The first-order valence-corrected chi connectivity index (χ1v) is 8.82. The van der Waals surface area contributed by atoms with Crippen molar-refractivity contribution in [1.29, 1.82) is 0 Å². The third kappa shape index (κ3) is 3.28. The number of nitrogens with one attached hydrogen (secondary N) is 1. The van der Waals surface area contributed by atoms with Crippen LogP contribution >= 0.6 is 0 Å². The van der Waals surface area contributed by atoms with Crippen LogP contribution in [0.1, 0.15) is 18.4 Å². The molecule has 0 unspecified atom stereocenters. The lowest BCUT2D eigenvalue weighted by Gasteiger charge is -2.36. The Bertz CT molecular complexity index is 766. The standard InChI is InChI=1S/C20H22N4O/c25-20(23-13-2-14-23)24(19-3-1-10-22-15-19)18-6-4-16(5-7-18)17-8-11-21-12-9-17/h1,3-8,10,15,21H,2,9,11-14H2. The molecule has 0 atom stereocenters. The fourth-order valence-electron chi connectivity index (χ4n) is 3.21. The van der Waals surface area contributed by atoms with Crippen molar-refractivity contribution in [2.24, 2.45) is 0 Å². The zero-order chi connectivity index (χ0) is 17.1. The van der Waals surface area contributed by atoms with Crippen LogP contribution in [0.15, 0.2) is 54.9 Å². The molecule has 1 fully saturated rings. The van der Waals surface area contributed by atoms with Gasteiger partial charge in [-0.3, -0.25) is 9.88 Å². The zero-order valence-electron chi connectivity index (χ0n) is 14.2. The molecule has 1 aromatic heterocycles. The number of amides is 2. The molecule has 2 aliphatic rings. The van der Waals surface area contributed by atoms with Gasteiger partial charge in [0.25, 0.3) is 0 Å². The number of hydrogen-bond donors (Lipinski definition) is 1. The molecule has 25 heavy (non-hydrogen) atoms. The summed E-state index contributed by atoms with van der Waals surface area (Å²) >= 11 is 0. The first-order chi connectivity index (χ1) is 12.3. The summed E-state index contributed by atoms with van der Waals surface area (Å²) in [5, 5.41) is 3.33. The third-order valence-electron chi connectivity index (χ3n) is 4.78. The predicted molar refractivity (Wildman–Crippen MR) is 99.9 cm³/mol. The summed E-state index contributed by atoms with van der Waals surface area (Å²) in [6.45, 7) is 3.59. The van der Waals surface area contributed by atoms with Crippen LogP contribution in [-0.4, -0.2) is 42.1 Å². The van der Waals surface area contributed by atoms with Gasteiger partial charge in [-0.1, -0.05) is 18.2 Å². The minimum Gasteiger partial charge on any atom is -0.324 e. The second-order valence-electron chi connectivity index (χ2n) is 6.40. The van der Waals surface area contributed by atoms with Crippen molar-refractivity contribution in [1.82, 2.24) is 15.2 Å². The number of anilines is 2. The molecule has 5 heteroatoms. The van der Waals surface area contributed by atoms with Crippen molar-refractivity contribution in [3.8, 4) is 0 Å². The van der Waals surface area contributed by atoms with Gasteiger partial charge in [-0.05, 0) is 54.8 Å². The number of aromatic nitrogens is 1. The number of carbonyl (C=O) groups excluding carboxylic acids is 1. The Hall–Kier alpha value is -2.66. The summed E-state index contributed by atoms with van der Waals surface area (Å²) in [5.74, 6) is 0. The lowest BCUT2D eigenvalue weighted by molar-refractivity contribution is 0.176. The molecule has 0 aliphatic carbocycles. The quantitative estimate of drug-likeness (QED) is 0.935. The van der Waals surface area contributed by atoms with E-state index in [-0.39, 0.29) is 6.03 Å². The van der Waals surface area contributed by atoms with Gasteiger partial charge in [-0.15, -0.1) is 0 Å². The fourth-order valence-corrected chi connectivity index (χ4v) is 3.21. The highest BCUT2D eigenvalue weighted by atomic mass is 16.2. The van der Waals surface area contributed by atoms with Crippen molar-refractivity contribution in [3.05, 3.63) is 60.4 Å². The van der Waals surface area contributed by atoms with Gasteiger partial charge in [0.1, 0.15) is 0 Å². The van der Waals surface area contributed by atoms with Crippen LogP contribution in [0, 0.1) is 0 Å². The average molecular weight is 334 g/mol. The SMILES string of the molecule is O=C(N1CCC1)N(c1ccc(C2=CCNCC2)cc1)c1cccnc1. The monoisotopic (exact) mass is 334 g/mol. The van der Waals surface area contributed by atoms with E-state index < -0.39 is 0 Å². The molecule has 1 N–H and O–H groups in total. The smallest absolute Gasteiger partial charge is 0.324 e. The van der Waals surface area contributed by atoms with Crippen LogP contribution < -0.4 is 10.2 Å². The molecule has 2 aliphatic heterocycles. The van der Waals surface area contributed by atoms with Crippen molar-refractivity contribution >= 4 is 23.0 Å². The number of rotatable bonds is 3. The molecule has 2 amide bonds. The molecule has 4 rings (SSSR count). The van der Waals surface area contributed by atoms with E-state index in [1.54, 1.807) is 17.3 Å². The van der Waals surface area contributed by atoms with Gasteiger partial charge >= 0.3 is 6.03 Å². The van der Waals surface area contributed by atoms with E-state index in [4.69, 9.17) is 0 Å². The fraction of sp³-hybridized carbons (Fsp3) is 0.300. The van der Waals surface area contributed by atoms with Crippen LogP contribution in [-0.2, 0) is 0 Å². The van der Waals surface area contributed by atoms with E-state index >= 15 is 0 Å². The Morgan fingerprint density at radius 3 is 2.56 bits per heavy atom. The molecule has 0 spiro atoms. The Kier molecular flexibility index (Phi) is 4.48. The molecule has 2 aromatic rings. The maximum Gasteiger partial charge on any atom is 0.329 e. The Labute approximate surface area is 148 Å². The summed E-state index contributed by atoms with van der Waals surface area (Å²) in [6, 6.07) is 12.1. The summed E-state index contributed by atoms with van der Waals surface area (Å²) in [6.07, 6.45) is 7.82. The molecule has 0 saturated carbocycles. The largest absolute Gasteiger partial charge is 0.329 e. The van der Waals surface area contributed by atoms with Crippen LogP contribution in [0.2, 0.25) is 0 Å². The van der Waals surface area contributed by atoms with Crippen molar-refractivity contribution in [3.63, 3.8) is 0 Å². The van der Waals surface area contributed by atoms with E-state index in [2.05, 4.69) is 28.5 Å². The van der Waals surface area contributed by atoms with Gasteiger partial charge in [-0.25, -0.2) is 4.79 Å². The number of pyridine rings is 1. The van der Waals surface area contributed by atoms with Gasteiger partial charge in [-0.2, -0.15) is 0 Å². The van der Waals surface area contributed by atoms with Crippen LogP contribution in [0.4, 0.5) is 16.2 Å². The maximum atomic E-state index is 12.9. The summed E-state index contributed by atoms with van der Waals surface area (Å²) in [5.41, 5.74) is 4.27. The summed E-state index contributed by atoms with van der Waals surface area (Å²) in [7, 11) is 0. The Balaban J connectivity index is 1.64.